The van der Waals surface area contributed by atoms with Crippen molar-refractivity contribution < 1.29 is 14.6 Å². The molecule has 0 spiro atoms. The second kappa shape index (κ2) is 5.11. The highest BCUT2D eigenvalue weighted by Crippen LogP contribution is 2.38. The molecule has 0 bridgehead atoms. The van der Waals surface area contributed by atoms with Crippen molar-refractivity contribution in [2.24, 2.45) is 0 Å². The molecule has 1 saturated carbocycles. The number of anilines is 3. The third-order valence-corrected chi connectivity index (χ3v) is 4.24. The molecule has 1 amide bonds. The highest BCUT2D eigenvalue weighted by Gasteiger charge is 2.33. The molecule has 1 heterocycles. The number of carbonyl (C=O) groups is 1. The van der Waals surface area contributed by atoms with Crippen LogP contribution in [0.3, 0.4) is 0 Å². The first kappa shape index (κ1) is 14.0. The number of benzene rings is 1. The van der Waals surface area contributed by atoms with Crippen molar-refractivity contribution in [3.05, 3.63) is 12.1 Å². The molecule has 0 aromatic heterocycles. The number of likely N-dealkylation sites (N-methyl/N-ethyl adjacent to an activating group) is 1. The Morgan fingerprint density at radius 3 is 2.86 bits per heavy atom. The van der Waals surface area contributed by atoms with Gasteiger partial charge in [-0.05, 0) is 18.9 Å². The van der Waals surface area contributed by atoms with E-state index in [0.29, 0.717) is 23.7 Å². The molecule has 0 atom stereocenters. The van der Waals surface area contributed by atoms with E-state index in [-0.39, 0.29) is 12.5 Å². The average molecular weight is 291 g/mol. The minimum Gasteiger partial charge on any atom is -0.482 e. The van der Waals surface area contributed by atoms with Crippen LogP contribution in [0.15, 0.2) is 12.1 Å². The van der Waals surface area contributed by atoms with Gasteiger partial charge in [-0.25, -0.2) is 0 Å². The zero-order valence-corrected chi connectivity index (χ0v) is 12.2. The van der Waals surface area contributed by atoms with E-state index in [1.165, 1.54) is 0 Å². The van der Waals surface area contributed by atoms with Gasteiger partial charge in [0, 0.05) is 19.7 Å². The third kappa shape index (κ3) is 2.76. The minimum atomic E-state index is -0.642. The van der Waals surface area contributed by atoms with Gasteiger partial charge in [-0.3, -0.25) is 4.79 Å². The van der Waals surface area contributed by atoms with Crippen molar-refractivity contribution in [1.29, 1.82) is 0 Å². The summed E-state index contributed by atoms with van der Waals surface area (Å²) in [5, 5.41) is 13.3. The van der Waals surface area contributed by atoms with Crippen LogP contribution in [0.4, 0.5) is 17.1 Å². The fourth-order valence-corrected chi connectivity index (χ4v) is 3.18. The number of fused-ring (bicyclic) bond motifs is 1. The number of ether oxygens (including phenoxy) is 1. The lowest BCUT2D eigenvalue weighted by molar-refractivity contribution is -0.118. The van der Waals surface area contributed by atoms with Gasteiger partial charge in [0.1, 0.15) is 5.75 Å². The average Bonchev–Trinajstić information content (AvgIpc) is 2.84. The molecule has 1 aliphatic carbocycles. The van der Waals surface area contributed by atoms with Gasteiger partial charge in [0.25, 0.3) is 5.91 Å². The summed E-state index contributed by atoms with van der Waals surface area (Å²) >= 11 is 0. The molecule has 114 valence electrons. The summed E-state index contributed by atoms with van der Waals surface area (Å²) in [6.07, 6.45) is 3.77. The zero-order chi connectivity index (χ0) is 15.0. The van der Waals surface area contributed by atoms with Crippen LogP contribution in [0.1, 0.15) is 25.7 Å². The molecule has 6 heteroatoms. The number of amides is 1. The lowest BCUT2D eigenvalue weighted by Gasteiger charge is -2.31. The molecule has 1 aliphatic heterocycles. The van der Waals surface area contributed by atoms with Crippen LogP contribution in [0.5, 0.6) is 5.75 Å². The quantitative estimate of drug-likeness (QED) is 0.731. The van der Waals surface area contributed by atoms with E-state index in [0.717, 1.165) is 31.4 Å². The van der Waals surface area contributed by atoms with Crippen LogP contribution in [0.2, 0.25) is 0 Å². The van der Waals surface area contributed by atoms with Gasteiger partial charge < -0.3 is 25.8 Å². The Morgan fingerprint density at radius 1 is 1.43 bits per heavy atom. The SMILES string of the molecule is CN(CC1(O)CCCC1)c1cc2c(cc1N)OCC(=O)N2. The maximum atomic E-state index is 11.4. The maximum absolute atomic E-state index is 11.4. The molecule has 2 aliphatic rings. The molecule has 0 radical (unpaired) electrons. The normalized spacial score (nSPS) is 19.6. The number of nitrogens with one attached hydrogen (secondary N) is 1. The Kier molecular flexibility index (Phi) is 3.41. The largest absolute Gasteiger partial charge is 0.482 e. The van der Waals surface area contributed by atoms with Crippen LogP contribution >= 0.6 is 0 Å². The Balaban J connectivity index is 1.84. The first-order chi connectivity index (χ1) is 9.97. The van der Waals surface area contributed by atoms with E-state index in [1.807, 2.05) is 11.9 Å². The lowest BCUT2D eigenvalue weighted by Crippen LogP contribution is -2.39. The summed E-state index contributed by atoms with van der Waals surface area (Å²) in [7, 11) is 1.90. The van der Waals surface area contributed by atoms with E-state index in [4.69, 9.17) is 10.5 Å². The van der Waals surface area contributed by atoms with E-state index in [9.17, 15) is 9.90 Å². The molecule has 1 fully saturated rings. The van der Waals surface area contributed by atoms with Crippen molar-refractivity contribution in [3.63, 3.8) is 0 Å². The first-order valence-electron chi connectivity index (χ1n) is 7.27. The van der Waals surface area contributed by atoms with Crippen LogP contribution in [-0.4, -0.2) is 36.8 Å². The number of aliphatic hydroxyl groups is 1. The number of carbonyl (C=O) groups excluding carboxylic acids is 1. The lowest BCUT2D eigenvalue weighted by atomic mass is 10.0. The topological polar surface area (TPSA) is 87.8 Å². The van der Waals surface area contributed by atoms with Crippen LogP contribution in [0.25, 0.3) is 0 Å². The fourth-order valence-electron chi connectivity index (χ4n) is 3.18. The monoisotopic (exact) mass is 291 g/mol. The number of hydrogen-bond donors (Lipinski definition) is 3. The summed E-state index contributed by atoms with van der Waals surface area (Å²) in [6.45, 7) is 0.548. The van der Waals surface area contributed by atoms with Gasteiger partial charge in [0.2, 0.25) is 0 Å². The summed E-state index contributed by atoms with van der Waals surface area (Å²) in [6, 6.07) is 3.53. The molecule has 21 heavy (non-hydrogen) atoms. The smallest absolute Gasteiger partial charge is 0.262 e. The zero-order valence-electron chi connectivity index (χ0n) is 12.2. The second-order valence-electron chi connectivity index (χ2n) is 6.03. The van der Waals surface area contributed by atoms with Crippen molar-refractivity contribution >= 4 is 23.0 Å². The summed E-state index contributed by atoms with van der Waals surface area (Å²) in [5.41, 5.74) is 7.43. The van der Waals surface area contributed by atoms with Gasteiger partial charge in [-0.2, -0.15) is 0 Å². The van der Waals surface area contributed by atoms with Gasteiger partial charge >= 0.3 is 0 Å². The fraction of sp³-hybridized carbons (Fsp3) is 0.533. The molecule has 4 N–H and O–H groups in total. The second-order valence-corrected chi connectivity index (χ2v) is 6.03. The highest BCUT2D eigenvalue weighted by atomic mass is 16.5. The van der Waals surface area contributed by atoms with Gasteiger partial charge in [0.05, 0.1) is 22.7 Å². The predicted octanol–water partition coefficient (Wildman–Crippen LogP) is 1.34. The number of nitrogens with zero attached hydrogens (tertiary/aromatic N) is 1. The Morgan fingerprint density at radius 2 is 2.14 bits per heavy atom. The first-order valence-corrected chi connectivity index (χ1v) is 7.27. The molecular weight excluding hydrogens is 270 g/mol. The van der Waals surface area contributed by atoms with E-state index in [1.54, 1.807) is 12.1 Å². The van der Waals surface area contributed by atoms with E-state index < -0.39 is 5.60 Å². The standard InChI is InChI=1S/C15H21N3O3/c1-18(9-15(20)4-2-3-5-15)12-7-11-13(6-10(12)16)21-8-14(19)17-11/h6-7,20H,2-5,8-9,16H2,1H3,(H,17,19). The van der Waals surface area contributed by atoms with E-state index in [2.05, 4.69) is 5.32 Å². The Labute approximate surface area is 123 Å². The summed E-state index contributed by atoms with van der Waals surface area (Å²) < 4.78 is 5.34. The molecule has 6 nitrogen and oxygen atoms in total. The van der Waals surface area contributed by atoms with Crippen molar-refractivity contribution in [3.8, 4) is 5.75 Å². The number of hydrogen-bond acceptors (Lipinski definition) is 5. The summed E-state index contributed by atoms with van der Waals surface area (Å²) in [5.74, 6) is 0.416. The molecule has 1 aromatic carbocycles. The maximum Gasteiger partial charge on any atom is 0.262 e. The van der Waals surface area contributed by atoms with Crippen LogP contribution in [-0.2, 0) is 4.79 Å². The van der Waals surface area contributed by atoms with Crippen LogP contribution < -0.4 is 20.7 Å². The molecular formula is C15H21N3O3. The molecule has 3 rings (SSSR count). The van der Waals surface area contributed by atoms with Gasteiger partial charge in [-0.15, -0.1) is 0 Å². The van der Waals surface area contributed by atoms with E-state index >= 15 is 0 Å². The van der Waals surface area contributed by atoms with Crippen molar-refractivity contribution in [2.75, 3.05) is 36.1 Å². The number of rotatable bonds is 3. The Hall–Kier alpha value is -1.95. The van der Waals surface area contributed by atoms with Crippen LogP contribution in [0, 0.1) is 0 Å². The minimum absolute atomic E-state index is 0.0153. The highest BCUT2D eigenvalue weighted by molar-refractivity contribution is 5.97. The summed E-state index contributed by atoms with van der Waals surface area (Å²) in [4.78, 5) is 13.3. The molecule has 0 saturated heterocycles. The third-order valence-electron chi connectivity index (χ3n) is 4.24. The van der Waals surface area contributed by atoms with Gasteiger partial charge in [0.15, 0.2) is 6.61 Å². The Bertz CT molecular complexity index is 568. The molecule has 1 aromatic rings. The number of nitrogen functional groups attached to an aromatic ring is 1. The van der Waals surface area contributed by atoms with Crippen molar-refractivity contribution in [2.45, 2.75) is 31.3 Å². The van der Waals surface area contributed by atoms with Gasteiger partial charge in [-0.1, -0.05) is 12.8 Å². The number of nitrogens with two attached hydrogens (primary N) is 1. The molecule has 0 unspecified atom stereocenters. The van der Waals surface area contributed by atoms with Crippen molar-refractivity contribution in [1.82, 2.24) is 0 Å². The predicted molar refractivity (Wildman–Crippen MR) is 81.7 cm³/mol.